The zero-order valence-corrected chi connectivity index (χ0v) is 57.1. The molecule has 2 aromatic rings. The second-order valence-electron chi connectivity index (χ2n) is 24.7. The lowest BCUT2D eigenvalue weighted by Crippen LogP contribution is -2.60. The van der Waals surface area contributed by atoms with Gasteiger partial charge in [0, 0.05) is 83.0 Å². The van der Waals surface area contributed by atoms with Crippen LogP contribution in [0, 0.1) is 17.8 Å². The SMILES string of the molecule is CC[C@H](C)[C@H](NC(=O)C(C)(C)N(C)C)C(=O)N(C)[C@H](C[C@@H](OC(C)=O)c1nc(C(=O)N[C@H](CCC(=O)NN)Cc2ccc(O)c(NC(=O)[C@H](C)NC(O)[C@@H](NC(=O)[C@H](CCCCNC(=O)COCCOC)NC(=O)CCCN3C(=O)C=CC3=O)C(C)C)c2)cs1)C(C)C. The molecule has 12 N–H and O–H groups in total. The first kappa shape index (κ1) is 79.8. The van der Waals surface area contributed by atoms with Crippen LogP contribution in [0.1, 0.15) is 154 Å². The molecule has 30 heteroatoms. The molecule has 1 unspecified atom stereocenters. The van der Waals surface area contributed by atoms with E-state index in [1.165, 1.54) is 38.5 Å². The number of anilines is 1. The standard InChI is InChI=1S/C63H101N13O16S/c1-15-38(6)55(72-62(89)63(9,10)74(11)12)61(88)75(13)46(36(2)3)33-48(92-40(8)77)60-70-45(35-93-60)58(86)67-42(22-24-50(80)73-64)31-41-21-23-47(78)44(32-41)69-56(84)39(7)66-59(87)54(37(4)5)71-57(85)43(19-16-17-27-65-51(81)34-91-30-29-90-14)68-49(79)20-18-28-76-52(82)25-26-53(76)83/h21,23,25-26,32,35-39,42-43,46,48,54-55,59,66,78,87H,15-20,22,24,27-31,33-34,64H2,1-14H3,(H,65,81)(H,67,86)(H,68,79)(H,69,84)(H,71,85)(H,72,89)(H,73,80)/t38-,39-,42+,43-,46+,48+,54-,55-,59?/m0/s1. The largest absolute Gasteiger partial charge is 0.506 e. The predicted octanol–water partition coefficient (Wildman–Crippen LogP) is 1.82. The van der Waals surface area contributed by atoms with Gasteiger partial charge in [-0.3, -0.25) is 73.3 Å². The van der Waals surface area contributed by atoms with Crippen LogP contribution in [-0.2, 0) is 68.6 Å². The summed E-state index contributed by atoms with van der Waals surface area (Å²) in [6.07, 6.45) is 1.36. The van der Waals surface area contributed by atoms with Crippen molar-refractivity contribution in [1.29, 1.82) is 0 Å². The third-order valence-electron chi connectivity index (χ3n) is 16.3. The lowest BCUT2D eigenvalue weighted by atomic mass is 9.92. The first-order valence-corrected chi connectivity index (χ1v) is 32.4. The quantitative estimate of drug-likeness (QED) is 0.00660. The van der Waals surface area contributed by atoms with Gasteiger partial charge in [-0.2, -0.15) is 0 Å². The molecule has 2 heterocycles. The maximum Gasteiger partial charge on any atom is 0.303 e. The van der Waals surface area contributed by atoms with Crippen molar-refractivity contribution in [3.63, 3.8) is 0 Å². The molecular weight excluding hydrogens is 1230 g/mol. The monoisotopic (exact) mass is 1330 g/mol. The number of phenols is 1. The summed E-state index contributed by atoms with van der Waals surface area (Å²) >= 11 is 1.07. The van der Waals surface area contributed by atoms with E-state index >= 15 is 0 Å². The first-order chi connectivity index (χ1) is 43.7. The number of nitrogens with one attached hydrogen (secondary N) is 8. The molecular formula is C63H101N13O16S. The number of ether oxygens (including phenoxy) is 3. The lowest BCUT2D eigenvalue weighted by Gasteiger charge is -2.38. The number of nitrogens with zero attached hydrogens (tertiary/aromatic N) is 4. The van der Waals surface area contributed by atoms with Gasteiger partial charge < -0.3 is 61.2 Å². The van der Waals surface area contributed by atoms with Gasteiger partial charge in [-0.25, -0.2) is 10.8 Å². The zero-order chi connectivity index (χ0) is 69.9. The van der Waals surface area contributed by atoms with E-state index in [1.807, 2.05) is 27.7 Å². The van der Waals surface area contributed by atoms with Crippen LogP contribution in [0.5, 0.6) is 5.75 Å². The summed E-state index contributed by atoms with van der Waals surface area (Å²) in [6, 6.07) is -1.10. The number of carbonyl (C=O) groups excluding carboxylic acids is 11. The molecule has 9 atom stereocenters. The van der Waals surface area contributed by atoms with Crippen LogP contribution in [0.15, 0.2) is 35.7 Å². The number of hydrazine groups is 1. The molecule has 1 aromatic heterocycles. The van der Waals surface area contributed by atoms with Gasteiger partial charge in [-0.1, -0.05) is 54.0 Å². The highest BCUT2D eigenvalue weighted by Gasteiger charge is 2.39. The summed E-state index contributed by atoms with van der Waals surface area (Å²) < 4.78 is 16.0. The van der Waals surface area contributed by atoms with Crippen molar-refractivity contribution in [2.45, 2.75) is 188 Å². The number of imide groups is 1. The van der Waals surface area contributed by atoms with E-state index in [-0.39, 0.29) is 123 Å². The van der Waals surface area contributed by atoms with E-state index in [1.54, 1.807) is 64.7 Å². The van der Waals surface area contributed by atoms with Crippen molar-refractivity contribution in [3.05, 3.63) is 52.0 Å². The highest BCUT2D eigenvalue weighted by atomic mass is 32.1. The number of carbonyl (C=O) groups is 11. The number of nitrogens with two attached hydrogens (primary N) is 1. The number of aliphatic hydroxyl groups is 1. The van der Waals surface area contributed by atoms with E-state index in [0.29, 0.717) is 31.4 Å². The number of amides is 10. The maximum absolute atomic E-state index is 14.4. The number of likely N-dealkylation sites (N-methyl/N-ethyl adjacent to an activating group) is 2. The molecule has 1 aliphatic rings. The number of aromatic hydroxyl groups is 1. The smallest absolute Gasteiger partial charge is 0.303 e. The van der Waals surface area contributed by atoms with Crippen LogP contribution in [0.4, 0.5) is 5.69 Å². The number of hydrogen-bond acceptors (Lipinski definition) is 21. The molecule has 1 aliphatic heterocycles. The Bertz CT molecular complexity index is 2870. The number of methoxy groups -OCH3 is 1. The number of rotatable bonds is 42. The second-order valence-corrected chi connectivity index (χ2v) is 25.6. The first-order valence-electron chi connectivity index (χ1n) is 31.5. The van der Waals surface area contributed by atoms with Crippen LogP contribution < -0.4 is 48.5 Å². The molecule has 520 valence electrons. The highest BCUT2D eigenvalue weighted by Crippen LogP contribution is 2.32. The Morgan fingerprint density at radius 3 is 2.11 bits per heavy atom. The van der Waals surface area contributed by atoms with Crippen molar-refractivity contribution in [3.8, 4) is 5.75 Å². The summed E-state index contributed by atoms with van der Waals surface area (Å²) in [4.78, 5) is 153. The van der Waals surface area contributed by atoms with Crippen molar-refractivity contribution >= 4 is 82.1 Å². The van der Waals surface area contributed by atoms with Gasteiger partial charge in [0.15, 0.2) is 6.10 Å². The van der Waals surface area contributed by atoms with E-state index in [9.17, 15) is 63.0 Å². The Morgan fingerprint density at radius 1 is 0.828 bits per heavy atom. The molecule has 10 amide bonds. The number of thiazole rings is 1. The van der Waals surface area contributed by atoms with Crippen LogP contribution in [0.2, 0.25) is 0 Å². The summed E-state index contributed by atoms with van der Waals surface area (Å²) in [6.45, 7) is 18.0. The Labute approximate surface area is 549 Å². The number of benzene rings is 1. The Kier molecular flexibility index (Phi) is 33.7. The molecule has 0 radical (unpaired) electrons. The van der Waals surface area contributed by atoms with E-state index in [2.05, 4.69) is 47.6 Å². The van der Waals surface area contributed by atoms with Gasteiger partial charge in [0.25, 0.3) is 17.7 Å². The Balaban J connectivity index is 1.78. The third kappa shape index (κ3) is 26.1. The molecule has 0 spiro atoms. The molecule has 0 aliphatic carbocycles. The van der Waals surface area contributed by atoms with Gasteiger partial charge in [0.2, 0.25) is 41.4 Å². The minimum Gasteiger partial charge on any atom is -0.506 e. The van der Waals surface area contributed by atoms with Crippen molar-refractivity contribution in [1.82, 2.24) is 57.0 Å². The minimum atomic E-state index is -1.54. The van der Waals surface area contributed by atoms with Gasteiger partial charge in [0.1, 0.15) is 41.4 Å². The minimum absolute atomic E-state index is 0.0138. The van der Waals surface area contributed by atoms with E-state index in [0.717, 1.165) is 28.4 Å². The molecule has 0 saturated carbocycles. The molecule has 0 saturated heterocycles. The van der Waals surface area contributed by atoms with Crippen molar-refractivity contribution in [2.75, 3.05) is 66.5 Å². The molecule has 0 bridgehead atoms. The highest BCUT2D eigenvalue weighted by molar-refractivity contribution is 7.09. The third-order valence-corrected chi connectivity index (χ3v) is 17.2. The fraction of sp³-hybridized carbons (Fsp3) is 0.651. The lowest BCUT2D eigenvalue weighted by molar-refractivity contribution is -0.149. The summed E-state index contributed by atoms with van der Waals surface area (Å²) in [5.74, 6) is -1.42. The van der Waals surface area contributed by atoms with Gasteiger partial charge in [-0.15, -0.1) is 11.3 Å². The van der Waals surface area contributed by atoms with Gasteiger partial charge >= 0.3 is 5.97 Å². The van der Waals surface area contributed by atoms with Crippen LogP contribution in [0.25, 0.3) is 0 Å². The van der Waals surface area contributed by atoms with E-state index in [4.69, 9.17) is 20.1 Å². The fourth-order valence-corrected chi connectivity index (χ4v) is 10.6. The summed E-state index contributed by atoms with van der Waals surface area (Å²) in [7, 11) is 6.72. The molecule has 1 aromatic carbocycles. The summed E-state index contributed by atoms with van der Waals surface area (Å²) in [5, 5.41) is 43.9. The number of esters is 1. The number of hydrogen-bond donors (Lipinski definition) is 11. The molecule has 29 nitrogen and oxygen atoms in total. The summed E-state index contributed by atoms with van der Waals surface area (Å²) in [5.41, 5.74) is 1.59. The average molecular weight is 1330 g/mol. The maximum atomic E-state index is 14.4. The number of aliphatic hydroxyl groups excluding tert-OH is 1. The van der Waals surface area contributed by atoms with Gasteiger partial charge in [-0.05, 0) is 109 Å². The van der Waals surface area contributed by atoms with Crippen molar-refractivity contribution < 1.29 is 77.2 Å². The number of phenolic OH excluding ortho intramolecular Hbond substituents is 1. The molecule has 3 rings (SSSR count). The van der Waals surface area contributed by atoms with Crippen molar-refractivity contribution in [2.24, 2.45) is 23.6 Å². The zero-order valence-electron chi connectivity index (χ0n) is 56.3. The number of unbranched alkanes of at least 4 members (excludes halogenated alkanes) is 1. The predicted molar refractivity (Wildman–Crippen MR) is 347 cm³/mol. The number of aromatic nitrogens is 1. The Morgan fingerprint density at radius 2 is 1.51 bits per heavy atom. The molecule has 0 fully saturated rings. The fourth-order valence-electron chi connectivity index (χ4n) is 9.78. The van der Waals surface area contributed by atoms with Crippen LogP contribution >= 0.6 is 11.3 Å². The topological polar surface area (TPSA) is 401 Å². The van der Waals surface area contributed by atoms with Gasteiger partial charge in [0.05, 0.1) is 36.5 Å². The van der Waals surface area contributed by atoms with Crippen LogP contribution in [-0.4, -0.2) is 204 Å². The second kappa shape index (κ2) is 39.3. The Hall–Kier alpha value is -7.48. The van der Waals surface area contributed by atoms with Crippen LogP contribution in [0.3, 0.4) is 0 Å². The van der Waals surface area contributed by atoms with E-state index < -0.39 is 107 Å². The normalized spacial score (nSPS) is 15.3. The average Bonchev–Trinajstić information content (AvgIpc) is 1.64. The molecule has 93 heavy (non-hydrogen) atoms.